The Kier molecular flexibility index (Phi) is 3.47. The highest BCUT2D eigenvalue weighted by molar-refractivity contribution is 5.96. The maximum absolute atomic E-state index is 12.7. The van der Waals surface area contributed by atoms with Gasteiger partial charge in [-0.3, -0.25) is 9.59 Å². The molecule has 0 aromatic heterocycles. The fourth-order valence-corrected chi connectivity index (χ4v) is 7.19. The number of carbonyl (C=O) groups excluding carboxylic acids is 2. The van der Waals surface area contributed by atoms with Gasteiger partial charge in [-0.05, 0) is 31.3 Å². The van der Waals surface area contributed by atoms with Crippen molar-refractivity contribution in [3.05, 3.63) is 11.6 Å². The van der Waals surface area contributed by atoms with Crippen molar-refractivity contribution in [3.63, 3.8) is 0 Å². The van der Waals surface area contributed by atoms with E-state index in [1.54, 1.807) is 6.92 Å². The number of esters is 1. The van der Waals surface area contributed by atoms with Crippen molar-refractivity contribution in [2.24, 2.45) is 34.0 Å². The quantitative estimate of drug-likeness (QED) is 0.550. The van der Waals surface area contributed by atoms with Crippen LogP contribution in [-0.4, -0.2) is 51.5 Å². The molecule has 6 heteroatoms. The van der Waals surface area contributed by atoms with Gasteiger partial charge in [0.2, 0.25) is 0 Å². The molecule has 144 valence electrons. The van der Waals surface area contributed by atoms with Crippen LogP contribution in [0.3, 0.4) is 0 Å². The zero-order valence-electron chi connectivity index (χ0n) is 15.9. The van der Waals surface area contributed by atoms with E-state index in [0.717, 1.165) is 5.57 Å². The molecule has 0 radical (unpaired) electrons. The first-order valence-electron chi connectivity index (χ1n) is 9.40. The van der Waals surface area contributed by atoms with Gasteiger partial charge in [-0.15, -0.1) is 0 Å². The maximum atomic E-state index is 12.7. The van der Waals surface area contributed by atoms with Gasteiger partial charge in [-0.1, -0.05) is 33.3 Å². The Hall–Kier alpha value is -1.24. The summed E-state index contributed by atoms with van der Waals surface area (Å²) >= 11 is 0. The molecule has 1 saturated heterocycles. The van der Waals surface area contributed by atoms with Gasteiger partial charge in [0.15, 0.2) is 5.78 Å². The lowest BCUT2D eigenvalue weighted by molar-refractivity contribution is -0.294. The number of hydrogen-bond acceptors (Lipinski definition) is 6. The molecule has 6 nitrogen and oxygen atoms in total. The fourth-order valence-electron chi connectivity index (χ4n) is 7.19. The molecule has 10 atom stereocenters. The first-order valence-corrected chi connectivity index (χ1v) is 9.40. The number of aliphatic hydroxyl groups is 3. The van der Waals surface area contributed by atoms with E-state index in [1.165, 1.54) is 6.08 Å². The van der Waals surface area contributed by atoms with Crippen LogP contribution in [0.15, 0.2) is 11.6 Å². The van der Waals surface area contributed by atoms with Crippen molar-refractivity contribution >= 4 is 11.8 Å². The number of ether oxygens (including phenoxy) is 1. The number of ketones is 1. The SMILES string of the molecule is CC1=CC(=O)C(O)C2(C)C1CC1OC(=O)C3C(C)C(O)C(O)C2(C)C13C. The molecule has 1 aliphatic heterocycles. The van der Waals surface area contributed by atoms with E-state index in [9.17, 15) is 24.9 Å². The van der Waals surface area contributed by atoms with E-state index in [0.29, 0.717) is 6.42 Å². The molecule has 3 N–H and O–H groups in total. The van der Waals surface area contributed by atoms with Crippen LogP contribution in [0.2, 0.25) is 0 Å². The van der Waals surface area contributed by atoms with E-state index in [-0.39, 0.29) is 17.7 Å². The second-order valence-corrected chi connectivity index (χ2v) is 9.45. The van der Waals surface area contributed by atoms with Gasteiger partial charge in [0.25, 0.3) is 0 Å². The summed E-state index contributed by atoms with van der Waals surface area (Å²) < 4.78 is 5.76. The van der Waals surface area contributed by atoms with Crippen LogP contribution in [0, 0.1) is 34.0 Å². The normalized spacial score (nSPS) is 58.6. The third-order valence-corrected chi connectivity index (χ3v) is 8.98. The number of hydrogen-bond donors (Lipinski definition) is 3. The van der Waals surface area contributed by atoms with E-state index >= 15 is 0 Å². The predicted molar refractivity (Wildman–Crippen MR) is 91.7 cm³/mol. The van der Waals surface area contributed by atoms with Gasteiger partial charge < -0.3 is 20.1 Å². The van der Waals surface area contributed by atoms with E-state index in [1.807, 2.05) is 27.7 Å². The molecule has 3 aliphatic carbocycles. The van der Waals surface area contributed by atoms with Crippen molar-refractivity contribution in [2.75, 3.05) is 0 Å². The Labute approximate surface area is 153 Å². The minimum absolute atomic E-state index is 0.222. The molecule has 3 fully saturated rings. The lowest BCUT2D eigenvalue weighted by Gasteiger charge is -2.70. The molecular weight excluding hydrogens is 336 g/mol. The van der Waals surface area contributed by atoms with Crippen LogP contribution >= 0.6 is 0 Å². The van der Waals surface area contributed by atoms with Gasteiger partial charge in [0.1, 0.15) is 12.2 Å². The van der Waals surface area contributed by atoms with Gasteiger partial charge in [-0.25, -0.2) is 0 Å². The molecule has 2 saturated carbocycles. The fraction of sp³-hybridized carbons (Fsp3) is 0.800. The zero-order chi connectivity index (χ0) is 19.4. The zero-order valence-corrected chi connectivity index (χ0v) is 15.9. The Morgan fingerprint density at radius 1 is 1.12 bits per heavy atom. The Bertz CT molecular complexity index is 730. The highest BCUT2D eigenvalue weighted by Crippen LogP contribution is 2.74. The first kappa shape index (κ1) is 18.1. The molecule has 4 aliphatic rings. The molecule has 0 spiro atoms. The third-order valence-electron chi connectivity index (χ3n) is 8.98. The molecule has 10 unspecified atom stereocenters. The molecule has 0 bridgehead atoms. The molecule has 1 heterocycles. The summed E-state index contributed by atoms with van der Waals surface area (Å²) in [5, 5.41) is 33.0. The number of carbonyl (C=O) groups is 2. The minimum Gasteiger partial charge on any atom is -0.461 e. The van der Waals surface area contributed by atoms with Crippen molar-refractivity contribution < 1.29 is 29.6 Å². The van der Waals surface area contributed by atoms with Crippen LogP contribution in [0.1, 0.15) is 41.0 Å². The summed E-state index contributed by atoms with van der Waals surface area (Å²) in [6.07, 6.45) is -2.06. The van der Waals surface area contributed by atoms with Crippen LogP contribution in [-0.2, 0) is 14.3 Å². The lowest BCUT2D eigenvalue weighted by atomic mass is 9.33. The van der Waals surface area contributed by atoms with Gasteiger partial charge in [-0.2, -0.15) is 0 Å². The van der Waals surface area contributed by atoms with Crippen LogP contribution < -0.4 is 0 Å². The standard InChI is InChI=1S/C20H28O6/c1-8-6-11(21)15(23)18(3)10(8)7-12-19(4)13(17(25)26-12)9(2)14(22)16(24)20(18,19)5/h6,9-10,12-16,22-24H,7H2,1-5H3. The van der Waals surface area contributed by atoms with E-state index in [4.69, 9.17) is 4.74 Å². The van der Waals surface area contributed by atoms with E-state index < -0.39 is 52.5 Å². The maximum Gasteiger partial charge on any atom is 0.310 e. The van der Waals surface area contributed by atoms with Crippen molar-refractivity contribution in [1.82, 2.24) is 0 Å². The number of fused-ring (bicyclic) bond motifs is 2. The average Bonchev–Trinajstić information content (AvgIpc) is 2.84. The second kappa shape index (κ2) is 4.97. The first-order chi connectivity index (χ1) is 11.9. The summed E-state index contributed by atoms with van der Waals surface area (Å²) in [5.74, 6) is -2.01. The summed E-state index contributed by atoms with van der Waals surface area (Å²) in [6, 6.07) is 0. The largest absolute Gasteiger partial charge is 0.461 e. The summed E-state index contributed by atoms with van der Waals surface area (Å²) in [7, 11) is 0. The van der Waals surface area contributed by atoms with E-state index in [2.05, 4.69) is 0 Å². The number of allylic oxidation sites excluding steroid dienone is 1. The molecule has 0 aromatic carbocycles. The van der Waals surface area contributed by atoms with Crippen LogP contribution in [0.25, 0.3) is 0 Å². The summed E-state index contributed by atoms with van der Waals surface area (Å²) in [6.45, 7) is 9.17. The Balaban J connectivity index is 2.03. The van der Waals surface area contributed by atoms with Crippen LogP contribution in [0.5, 0.6) is 0 Å². The molecule has 0 aromatic rings. The average molecular weight is 364 g/mol. The van der Waals surface area contributed by atoms with Crippen molar-refractivity contribution in [2.45, 2.75) is 65.5 Å². The number of rotatable bonds is 0. The minimum atomic E-state index is -1.30. The monoisotopic (exact) mass is 364 g/mol. The summed E-state index contributed by atoms with van der Waals surface area (Å²) in [4.78, 5) is 25.3. The molecular formula is C20H28O6. The van der Waals surface area contributed by atoms with Crippen molar-refractivity contribution in [1.29, 1.82) is 0 Å². The molecule has 4 rings (SSSR count). The van der Waals surface area contributed by atoms with Gasteiger partial charge in [0.05, 0.1) is 18.1 Å². The summed E-state index contributed by atoms with van der Waals surface area (Å²) in [5.41, 5.74) is -2.06. The molecule has 26 heavy (non-hydrogen) atoms. The third kappa shape index (κ3) is 1.57. The molecule has 0 amide bonds. The Morgan fingerprint density at radius 3 is 2.35 bits per heavy atom. The van der Waals surface area contributed by atoms with Gasteiger partial charge in [0, 0.05) is 16.2 Å². The van der Waals surface area contributed by atoms with Gasteiger partial charge >= 0.3 is 5.97 Å². The predicted octanol–water partition coefficient (Wildman–Crippen LogP) is 0.828. The Morgan fingerprint density at radius 2 is 1.73 bits per heavy atom. The topological polar surface area (TPSA) is 104 Å². The highest BCUT2D eigenvalue weighted by Gasteiger charge is 2.80. The highest BCUT2D eigenvalue weighted by atomic mass is 16.6. The smallest absolute Gasteiger partial charge is 0.310 e. The number of aliphatic hydroxyl groups excluding tert-OH is 3. The van der Waals surface area contributed by atoms with Crippen molar-refractivity contribution in [3.8, 4) is 0 Å². The lowest BCUT2D eigenvalue weighted by Crippen LogP contribution is -2.76. The van der Waals surface area contributed by atoms with Crippen LogP contribution in [0.4, 0.5) is 0 Å². The second-order valence-electron chi connectivity index (χ2n) is 9.45.